The summed E-state index contributed by atoms with van der Waals surface area (Å²) < 4.78 is 6.44. The van der Waals surface area contributed by atoms with E-state index in [0.29, 0.717) is 18.7 Å². The second kappa shape index (κ2) is 8.40. The SMILES string of the molecule is CCN(CC)C1CCCCC1Oc1ccccc1CCN. The maximum absolute atomic E-state index is 6.44. The molecule has 0 heterocycles. The molecule has 2 atom stereocenters. The van der Waals surface area contributed by atoms with Crippen LogP contribution in [0.15, 0.2) is 24.3 Å². The van der Waals surface area contributed by atoms with Crippen LogP contribution < -0.4 is 10.5 Å². The van der Waals surface area contributed by atoms with E-state index in [0.717, 1.165) is 31.7 Å². The predicted octanol–water partition coefficient (Wildman–Crippen LogP) is 3.22. The molecule has 1 fully saturated rings. The van der Waals surface area contributed by atoms with Gasteiger partial charge in [-0.1, -0.05) is 38.5 Å². The van der Waals surface area contributed by atoms with Crippen molar-refractivity contribution in [2.45, 2.75) is 58.1 Å². The summed E-state index contributed by atoms with van der Waals surface area (Å²) in [5.41, 5.74) is 6.96. The van der Waals surface area contributed by atoms with Gasteiger partial charge in [0.05, 0.1) is 0 Å². The average Bonchev–Trinajstić information content (AvgIpc) is 2.52. The normalized spacial score (nSPS) is 22.5. The third-order valence-corrected chi connectivity index (χ3v) is 4.61. The number of nitrogens with zero attached hydrogens (tertiary/aromatic N) is 1. The van der Waals surface area contributed by atoms with E-state index in [-0.39, 0.29) is 0 Å². The van der Waals surface area contributed by atoms with Crippen molar-refractivity contribution in [3.63, 3.8) is 0 Å². The molecule has 0 amide bonds. The molecule has 1 aromatic carbocycles. The van der Waals surface area contributed by atoms with E-state index in [1.54, 1.807) is 0 Å². The van der Waals surface area contributed by atoms with Crippen LogP contribution in [0, 0.1) is 0 Å². The molecule has 1 aliphatic carbocycles. The van der Waals surface area contributed by atoms with Crippen LogP contribution in [-0.4, -0.2) is 36.7 Å². The molecule has 2 unspecified atom stereocenters. The smallest absolute Gasteiger partial charge is 0.123 e. The monoisotopic (exact) mass is 290 g/mol. The minimum Gasteiger partial charge on any atom is -0.489 e. The number of hydrogen-bond acceptors (Lipinski definition) is 3. The molecule has 118 valence electrons. The van der Waals surface area contributed by atoms with E-state index in [9.17, 15) is 0 Å². The lowest BCUT2D eigenvalue weighted by Gasteiger charge is -2.39. The molecule has 0 spiro atoms. The van der Waals surface area contributed by atoms with Crippen molar-refractivity contribution >= 4 is 0 Å². The van der Waals surface area contributed by atoms with Gasteiger partial charge in [0, 0.05) is 6.04 Å². The summed E-state index contributed by atoms with van der Waals surface area (Å²) in [5, 5.41) is 0. The molecule has 1 aliphatic rings. The van der Waals surface area contributed by atoms with Crippen molar-refractivity contribution in [2.75, 3.05) is 19.6 Å². The Balaban J connectivity index is 2.12. The lowest BCUT2D eigenvalue weighted by Crippen LogP contribution is -2.47. The Bertz CT molecular complexity index is 417. The number of nitrogens with two attached hydrogens (primary N) is 1. The maximum Gasteiger partial charge on any atom is 0.123 e. The number of likely N-dealkylation sites (N-methyl/N-ethyl adjacent to an activating group) is 1. The van der Waals surface area contributed by atoms with Gasteiger partial charge in [0.1, 0.15) is 11.9 Å². The largest absolute Gasteiger partial charge is 0.489 e. The zero-order chi connectivity index (χ0) is 15.1. The van der Waals surface area contributed by atoms with Gasteiger partial charge in [-0.2, -0.15) is 0 Å². The number of para-hydroxylation sites is 1. The van der Waals surface area contributed by atoms with Crippen molar-refractivity contribution < 1.29 is 4.74 Å². The molecule has 1 saturated carbocycles. The van der Waals surface area contributed by atoms with Crippen LogP contribution in [0.3, 0.4) is 0 Å². The summed E-state index contributed by atoms with van der Waals surface area (Å²) in [4.78, 5) is 2.55. The molecule has 0 saturated heterocycles. The molecule has 2 N–H and O–H groups in total. The van der Waals surface area contributed by atoms with Gasteiger partial charge in [0.15, 0.2) is 0 Å². The van der Waals surface area contributed by atoms with Gasteiger partial charge in [0.2, 0.25) is 0 Å². The van der Waals surface area contributed by atoms with Gasteiger partial charge in [-0.25, -0.2) is 0 Å². The molecule has 21 heavy (non-hydrogen) atoms. The van der Waals surface area contributed by atoms with E-state index in [4.69, 9.17) is 10.5 Å². The summed E-state index contributed by atoms with van der Waals surface area (Å²) in [5.74, 6) is 1.03. The van der Waals surface area contributed by atoms with Crippen molar-refractivity contribution in [2.24, 2.45) is 5.73 Å². The fourth-order valence-corrected chi connectivity index (χ4v) is 3.47. The van der Waals surface area contributed by atoms with Crippen LogP contribution in [0.5, 0.6) is 5.75 Å². The summed E-state index contributed by atoms with van der Waals surface area (Å²) in [6.07, 6.45) is 6.23. The zero-order valence-corrected chi connectivity index (χ0v) is 13.6. The highest BCUT2D eigenvalue weighted by Gasteiger charge is 2.30. The summed E-state index contributed by atoms with van der Waals surface area (Å²) in [6, 6.07) is 8.92. The number of rotatable bonds is 7. The maximum atomic E-state index is 6.44. The van der Waals surface area contributed by atoms with E-state index >= 15 is 0 Å². The predicted molar refractivity (Wildman–Crippen MR) is 88.8 cm³/mol. The van der Waals surface area contributed by atoms with Gasteiger partial charge in [-0.05, 0) is 56.9 Å². The zero-order valence-electron chi connectivity index (χ0n) is 13.6. The lowest BCUT2D eigenvalue weighted by molar-refractivity contribution is 0.0407. The molecule has 0 radical (unpaired) electrons. The van der Waals surface area contributed by atoms with E-state index in [1.165, 1.54) is 24.8 Å². The Hall–Kier alpha value is -1.06. The number of ether oxygens (including phenoxy) is 1. The highest BCUT2D eigenvalue weighted by Crippen LogP contribution is 2.29. The summed E-state index contributed by atoms with van der Waals surface area (Å²) in [7, 11) is 0. The first-order chi connectivity index (χ1) is 10.3. The molecule has 0 bridgehead atoms. The average molecular weight is 290 g/mol. The number of benzene rings is 1. The Morgan fingerprint density at radius 1 is 1.14 bits per heavy atom. The van der Waals surface area contributed by atoms with Crippen molar-refractivity contribution in [1.29, 1.82) is 0 Å². The van der Waals surface area contributed by atoms with Gasteiger partial charge in [-0.15, -0.1) is 0 Å². The fourth-order valence-electron chi connectivity index (χ4n) is 3.47. The highest BCUT2D eigenvalue weighted by atomic mass is 16.5. The van der Waals surface area contributed by atoms with Crippen LogP contribution >= 0.6 is 0 Å². The second-order valence-corrected chi connectivity index (χ2v) is 5.88. The van der Waals surface area contributed by atoms with Crippen molar-refractivity contribution in [3.05, 3.63) is 29.8 Å². The molecular formula is C18H30N2O. The Kier molecular flexibility index (Phi) is 6.52. The van der Waals surface area contributed by atoms with Crippen LogP contribution in [0.2, 0.25) is 0 Å². The minimum atomic E-state index is 0.317. The summed E-state index contributed by atoms with van der Waals surface area (Å²) in [6.45, 7) is 7.37. The third kappa shape index (κ3) is 4.21. The molecular weight excluding hydrogens is 260 g/mol. The van der Waals surface area contributed by atoms with Gasteiger partial charge >= 0.3 is 0 Å². The third-order valence-electron chi connectivity index (χ3n) is 4.61. The van der Waals surface area contributed by atoms with Crippen LogP contribution in [0.1, 0.15) is 45.1 Å². The molecule has 3 nitrogen and oxygen atoms in total. The van der Waals surface area contributed by atoms with Crippen LogP contribution in [0.25, 0.3) is 0 Å². The first-order valence-electron chi connectivity index (χ1n) is 8.48. The quantitative estimate of drug-likeness (QED) is 0.838. The van der Waals surface area contributed by atoms with Crippen molar-refractivity contribution in [1.82, 2.24) is 4.90 Å². The second-order valence-electron chi connectivity index (χ2n) is 5.88. The van der Waals surface area contributed by atoms with E-state index in [1.807, 2.05) is 0 Å². The van der Waals surface area contributed by atoms with Gasteiger partial charge in [-0.3, -0.25) is 4.90 Å². The Labute approximate surface area is 129 Å². The lowest BCUT2D eigenvalue weighted by atomic mass is 9.91. The fraction of sp³-hybridized carbons (Fsp3) is 0.667. The molecule has 1 aromatic rings. The topological polar surface area (TPSA) is 38.5 Å². The van der Waals surface area contributed by atoms with Crippen molar-refractivity contribution in [3.8, 4) is 5.75 Å². The van der Waals surface area contributed by atoms with Gasteiger partial charge < -0.3 is 10.5 Å². The molecule has 3 heteroatoms. The van der Waals surface area contributed by atoms with Crippen LogP contribution in [0.4, 0.5) is 0 Å². The standard InChI is InChI=1S/C18H30N2O/c1-3-20(4-2)16-10-6-8-12-18(16)21-17-11-7-5-9-15(17)13-14-19/h5,7,9,11,16,18H,3-4,6,8,10,12-14,19H2,1-2H3. The first-order valence-corrected chi connectivity index (χ1v) is 8.48. The van der Waals surface area contributed by atoms with Crippen LogP contribution in [-0.2, 0) is 6.42 Å². The molecule has 0 aliphatic heterocycles. The molecule has 2 rings (SSSR count). The Morgan fingerprint density at radius 2 is 1.86 bits per heavy atom. The number of hydrogen-bond donors (Lipinski definition) is 1. The van der Waals surface area contributed by atoms with E-state index < -0.39 is 0 Å². The molecule has 0 aromatic heterocycles. The highest BCUT2D eigenvalue weighted by molar-refractivity contribution is 5.33. The first kappa shape index (κ1) is 16.3. The van der Waals surface area contributed by atoms with E-state index in [2.05, 4.69) is 43.0 Å². The minimum absolute atomic E-state index is 0.317. The Morgan fingerprint density at radius 3 is 2.57 bits per heavy atom. The summed E-state index contributed by atoms with van der Waals surface area (Å²) >= 11 is 0. The van der Waals surface area contributed by atoms with Gasteiger partial charge in [0.25, 0.3) is 0 Å².